The quantitative estimate of drug-likeness (QED) is 0.304. The molecule has 0 atom stereocenters. The van der Waals surface area contributed by atoms with Crippen LogP contribution in [0.3, 0.4) is 0 Å². The highest BCUT2D eigenvalue weighted by Gasteiger charge is 2.16. The lowest BCUT2D eigenvalue weighted by molar-refractivity contribution is 0.579. The SMILES string of the molecule is O=S(=O)(NCCNC/C=C(/c1ccccc1)c1ccc(Br)cc1)c1cccc2cnccc12. The number of pyridine rings is 1. The number of nitrogens with zero attached hydrogens (tertiary/aromatic N) is 1. The largest absolute Gasteiger partial charge is 0.312 e. The van der Waals surface area contributed by atoms with E-state index in [0.29, 0.717) is 18.5 Å². The van der Waals surface area contributed by atoms with Gasteiger partial charge in [0.05, 0.1) is 4.90 Å². The number of halogens is 1. The average molecular weight is 522 g/mol. The minimum atomic E-state index is -3.62. The number of sulfonamides is 1. The molecule has 1 heterocycles. The predicted octanol–water partition coefficient (Wildman–Crippen LogP) is 5.00. The van der Waals surface area contributed by atoms with Gasteiger partial charge < -0.3 is 5.32 Å². The summed E-state index contributed by atoms with van der Waals surface area (Å²) in [6.07, 6.45) is 5.40. The van der Waals surface area contributed by atoms with Crippen molar-refractivity contribution in [2.24, 2.45) is 0 Å². The van der Waals surface area contributed by atoms with Gasteiger partial charge in [-0.2, -0.15) is 0 Å². The van der Waals surface area contributed by atoms with Crippen LogP contribution in [0.1, 0.15) is 11.1 Å². The summed E-state index contributed by atoms with van der Waals surface area (Å²) in [7, 11) is -3.62. The third-order valence-electron chi connectivity index (χ3n) is 5.21. The zero-order chi connectivity index (χ0) is 23.1. The number of rotatable bonds is 9. The van der Waals surface area contributed by atoms with E-state index in [0.717, 1.165) is 26.6 Å². The van der Waals surface area contributed by atoms with Gasteiger partial charge >= 0.3 is 0 Å². The van der Waals surface area contributed by atoms with Gasteiger partial charge in [-0.25, -0.2) is 13.1 Å². The Kier molecular flexibility index (Phi) is 7.67. The summed E-state index contributed by atoms with van der Waals surface area (Å²) in [5.41, 5.74) is 3.38. The summed E-state index contributed by atoms with van der Waals surface area (Å²) in [6.45, 7) is 1.41. The van der Waals surface area contributed by atoms with Crippen LogP contribution in [-0.2, 0) is 10.0 Å². The Bertz CT molecular complexity index is 1350. The van der Waals surface area contributed by atoms with Gasteiger partial charge in [-0.3, -0.25) is 4.98 Å². The molecule has 0 spiro atoms. The van der Waals surface area contributed by atoms with Crippen LogP contribution in [0.2, 0.25) is 0 Å². The number of nitrogens with one attached hydrogen (secondary N) is 2. The van der Waals surface area contributed by atoms with Gasteiger partial charge in [0.25, 0.3) is 0 Å². The Morgan fingerprint density at radius 2 is 1.64 bits per heavy atom. The van der Waals surface area contributed by atoms with Crippen LogP contribution in [-0.4, -0.2) is 33.0 Å². The molecule has 0 amide bonds. The van der Waals surface area contributed by atoms with E-state index < -0.39 is 10.0 Å². The minimum Gasteiger partial charge on any atom is -0.312 e. The first-order valence-corrected chi connectivity index (χ1v) is 12.9. The maximum Gasteiger partial charge on any atom is 0.241 e. The molecule has 4 aromatic rings. The molecule has 5 nitrogen and oxygen atoms in total. The molecule has 0 saturated heterocycles. The predicted molar refractivity (Wildman–Crippen MR) is 137 cm³/mol. The van der Waals surface area contributed by atoms with Crippen molar-refractivity contribution >= 4 is 42.3 Å². The van der Waals surface area contributed by atoms with Crippen molar-refractivity contribution in [3.05, 3.63) is 113 Å². The molecule has 1 aromatic heterocycles. The van der Waals surface area contributed by atoms with E-state index in [-0.39, 0.29) is 11.4 Å². The smallest absolute Gasteiger partial charge is 0.241 e. The highest BCUT2D eigenvalue weighted by molar-refractivity contribution is 9.10. The maximum absolute atomic E-state index is 12.8. The van der Waals surface area contributed by atoms with Gasteiger partial charge in [0, 0.05) is 47.3 Å². The third kappa shape index (κ3) is 5.94. The van der Waals surface area contributed by atoms with Crippen LogP contribution >= 0.6 is 15.9 Å². The van der Waals surface area contributed by atoms with E-state index in [4.69, 9.17) is 0 Å². The molecule has 168 valence electrons. The van der Waals surface area contributed by atoms with Crippen LogP contribution in [0.5, 0.6) is 0 Å². The van der Waals surface area contributed by atoms with Crippen LogP contribution in [0, 0.1) is 0 Å². The standard InChI is InChI=1S/C26H24BrN3O2S/c27-23-11-9-21(10-12-23)24(20-5-2-1-3-6-20)13-15-28-17-18-30-33(31,32)26-8-4-7-22-19-29-16-14-25(22)26/h1-14,16,19,28,30H,15,17-18H2/b24-13-. The summed E-state index contributed by atoms with van der Waals surface area (Å²) >= 11 is 3.49. The Labute approximate surface area is 202 Å². The molecule has 7 heteroatoms. The van der Waals surface area contributed by atoms with Crippen molar-refractivity contribution in [1.82, 2.24) is 15.0 Å². The molecular formula is C26H24BrN3O2S. The van der Waals surface area contributed by atoms with Gasteiger partial charge in [0.2, 0.25) is 10.0 Å². The van der Waals surface area contributed by atoms with E-state index >= 15 is 0 Å². The first-order valence-electron chi connectivity index (χ1n) is 10.6. The van der Waals surface area contributed by atoms with Crippen molar-refractivity contribution in [2.75, 3.05) is 19.6 Å². The zero-order valence-electron chi connectivity index (χ0n) is 17.9. The second kappa shape index (κ2) is 10.9. The minimum absolute atomic E-state index is 0.267. The Hall–Kier alpha value is -2.84. The number of hydrogen-bond donors (Lipinski definition) is 2. The molecule has 3 aromatic carbocycles. The molecule has 33 heavy (non-hydrogen) atoms. The molecule has 0 aliphatic rings. The molecule has 0 fully saturated rings. The topological polar surface area (TPSA) is 71.1 Å². The van der Waals surface area contributed by atoms with E-state index in [1.54, 1.807) is 30.6 Å². The first-order chi connectivity index (χ1) is 16.0. The van der Waals surface area contributed by atoms with Crippen molar-refractivity contribution in [3.63, 3.8) is 0 Å². The molecule has 2 N–H and O–H groups in total. The zero-order valence-corrected chi connectivity index (χ0v) is 20.3. The number of benzene rings is 3. The highest BCUT2D eigenvalue weighted by atomic mass is 79.9. The van der Waals surface area contributed by atoms with Gasteiger partial charge in [-0.15, -0.1) is 0 Å². The van der Waals surface area contributed by atoms with Crippen molar-refractivity contribution < 1.29 is 8.42 Å². The van der Waals surface area contributed by atoms with E-state index in [9.17, 15) is 8.42 Å². The molecule has 0 radical (unpaired) electrons. The van der Waals surface area contributed by atoms with E-state index in [1.165, 1.54) is 0 Å². The normalized spacial score (nSPS) is 12.2. The molecule has 0 bridgehead atoms. The molecule has 4 rings (SSSR count). The molecule has 0 saturated carbocycles. The molecular weight excluding hydrogens is 498 g/mol. The number of hydrogen-bond acceptors (Lipinski definition) is 4. The Morgan fingerprint density at radius 1 is 0.879 bits per heavy atom. The summed E-state index contributed by atoms with van der Waals surface area (Å²) < 4.78 is 29.3. The van der Waals surface area contributed by atoms with Crippen LogP contribution in [0.15, 0.2) is 107 Å². The van der Waals surface area contributed by atoms with Crippen LogP contribution in [0.4, 0.5) is 0 Å². The number of fused-ring (bicyclic) bond motifs is 1. The van der Waals surface area contributed by atoms with Crippen LogP contribution in [0.25, 0.3) is 16.3 Å². The number of aromatic nitrogens is 1. The van der Waals surface area contributed by atoms with E-state index in [1.807, 2.05) is 36.4 Å². The van der Waals surface area contributed by atoms with Crippen molar-refractivity contribution in [2.45, 2.75) is 4.90 Å². The molecule has 0 aliphatic carbocycles. The second-order valence-corrected chi connectivity index (χ2v) is 10.1. The van der Waals surface area contributed by atoms with Crippen molar-refractivity contribution in [3.8, 4) is 0 Å². The Balaban J connectivity index is 1.38. The fourth-order valence-corrected chi connectivity index (χ4v) is 5.13. The van der Waals surface area contributed by atoms with Gasteiger partial charge in [0.1, 0.15) is 0 Å². The summed E-state index contributed by atoms with van der Waals surface area (Å²) in [5.74, 6) is 0. The molecule has 0 aliphatic heterocycles. The lowest BCUT2D eigenvalue weighted by atomic mass is 9.97. The molecule has 0 unspecified atom stereocenters. The van der Waals surface area contributed by atoms with Gasteiger partial charge in [-0.1, -0.05) is 76.6 Å². The second-order valence-electron chi connectivity index (χ2n) is 7.45. The van der Waals surface area contributed by atoms with Gasteiger partial charge in [0.15, 0.2) is 0 Å². The fourth-order valence-electron chi connectivity index (χ4n) is 3.60. The maximum atomic E-state index is 12.8. The highest BCUT2D eigenvalue weighted by Crippen LogP contribution is 2.25. The average Bonchev–Trinajstić information content (AvgIpc) is 2.84. The van der Waals surface area contributed by atoms with Gasteiger partial charge in [-0.05, 0) is 41.0 Å². The van der Waals surface area contributed by atoms with Crippen LogP contribution < -0.4 is 10.0 Å². The summed E-state index contributed by atoms with van der Waals surface area (Å²) in [6, 6.07) is 25.3. The summed E-state index contributed by atoms with van der Waals surface area (Å²) in [4.78, 5) is 4.33. The Morgan fingerprint density at radius 3 is 2.42 bits per heavy atom. The third-order valence-corrected chi connectivity index (χ3v) is 7.26. The van der Waals surface area contributed by atoms with Crippen molar-refractivity contribution in [1.29, 1.82) is 0 Å². The lowest BCUT2D eigenvalue weighted by Crippen LogP contribution is -2.32. The first kappa shape index (κ1) is 23.3. The lowest BCUT2D eigenvalue weighted by Gasteiger charge is -2.11. The monoisotopic (exact) mass is 521 g/mol. The summed E-state index contributed by atoms with van der Waals surface area (Å²) in [5, 5.41) is 4.77. The fraction of sp³-hybridized carbons (Fsp3) is 0.115. The van der Waals surface area contributed by atoms with E-state index in [2.05, 4.69) is 61.3 Å².